The van der Waals surface area contributed by atoms with Crippen molar-refractivity contribution in [2.45, 2.75) is 26.8 Å². The average Bonchev–Trinajstić information content (AvgIpc) is 3.07. The smallest absolute Gasteiger partial charge is 0.327 e. The van der Waals surface area contributed by atoms with Crippen LogP contribution in [0.2, 0.25) is 0 Å². The molecule has 10 nitrogen and oxygen atoms in total. The number of rotatable bonds is 8. The summed E-state index contributed by atoms with van der Waals surface area (Å²) in [6.45, 7) is 2.76. The van der Waals surface area contributed by atoms with Gasteiger partial charge in [0, 0.05) is 30.5 Å². The maximum absolute atomic E-state index is 12.4. The van der Waals surface area contributed by atoms with E-state index in [9.17, 15) is 24.0 Å². The van der Waals surface area contributed by atoms with Gasteiger partial charge >= 0.3 is 18.0 Å². The second-order valence-corrected chi connectivity index (χ2v) is 6.46. The number of hydrogen-bond donors (Lipinski definition) is 0. The highest BCUT2D eigenvalue weighted by Gasteiger charge is 2.35. The lowest BCUT2D eigenvalue weighted by Crippen LogP contribution is -2.37. The molecule has 1 aliphatic heterocycles. The summed E-state index contributed by atoms with van der Waals surface area (Å²) < 4.78 is 11.4. The highest BCUT2D eigenvalue weighted by molar-refractivity contribution is 6.04. The Morgan fingerprint density at radius 1 is 1.14 bits per heavy atom. The largest absolute Gasteiger partial charge is 0.469 e. The molecule has 2 heterocycles. The van der Waals surface area contributed by atoms with Gasteiger partial charge in [-0.25, -0.2) is 4.79 Å². The van der Waals surface area contributed by atoms with Gasteiger partial charge in [0.05, 0.1) is 13.5 Å². The molecule has 0 saturated carbocycles. The van der Waals surface area contributed by atoms with Crippen LogP contribution in [0.25, 0.3) is 0 Å². The third-order valence-electron chi connectivity index (χ3n) is 4.52. The lowest BCUT2D eigenvalue weighted by Gasteiger charge is -2.13. The average molecular weight is 393 g/mol. The minimum Gasteiger partial charge on any atom is -0.469 e. The van der Waals surface area contributed by atoms with Gasteiger partial charge in [-0.3, -0.25) is 24.1 Å². The zero-order valence-corrected chi connectivity index (χ0v) is 16.3. The quantitative estimate of drug-likeness (QED) is 0.354. The van der Waals surface area contributed by atoms with Gasteiger partial charge in [0.25, 0.3) is 5.91 Å². The van der Waals surface area contributed by atoms with Crippen LogP contribution in [-0.2, 0) is 30.4 Å². The van der Waals surface area contributed by atoms with E-state index in [1.165, 1.54) is 19.1 Å². The van der Waals surface area contributed by atoms with Crippen molar-refractivity contribution in [2.24, 2.45) is 0 Å². The number of urea groups is 1. The van der Waals surface area contributed by atoms with Crippen molar-refractivity contribution in [3.05, 3.63) is 23.0 Å². The molecular formula is C18H23N3O7. The Balaban J connectivity index is 1.94. The van der Waals surface area contributed by atoms with Crippen LogP contribution in [0.4, 0.5) is 4.79 Å². The van der Waals surface area contributed by atoms with Crippen LogP contribution in [-0.4, -0.2) is 77.9 Å². The first kappa shape index (κ1) is 21.1. The monoisotopic (exact) mass is 393 g/mol. The Hall–Kier alpha value is -3.17. The number of aryl methyl sites for hydroxylation is 1. The van der Waals surface area contributed by atoms with E-state index in [4.69, 9.17) is 4.74 Å². The van der Waals surface area contributed by atoms with Gasteiger partial charge < -0.3 is 18.9 Å². The van der Waals surface area contributed by atoms with Crippen molar-refractivity contribution in [3.8, 4) is 0 Å². The van der Waals surface area contributed by atoms with Gasteiger partial charge in [0.1, 0.15) is 13.1 Å². The number of esters is 2. The summed E-state index contributed by atoms with van der Waals surface area (Å²) in [4.78, 5) is 61.0. The van der Waals surface area contributed by atoms with Crippen molar-refractivity contribution < 1.29 is 33.4 Å². The Bertz CT molecular complexity index is 827. The molecule has 3 amide bonds. The van der Waals surface area contributed by atoms with Gasteiger partial charge in [-0.1, -0.05) is 0 Å². The van der Waals surface area contributed by atoms with E-state index in [0.29, 0.717) is 17.8 Å². The number of ether oxygens (including phenoxy) is 2. The first-order valence-electron chi connectivity index (χ1n) is 8.63. The summed E-state index contributed by atoms with van der Waals surface area (Å²) in [5.74, 6) is -2.11. The first-order valence-corrected chi connectivity index (χ1v) is 8.63. The number of likely N-dealkylation sites (N-methyl/N-ethyl adjacent to an activating group) is 1. The molecule has 0 atom stereocenters. The lowest BCUT2D eigenvalue weighted by molar-refractivity contribution is -0.145. The summed E-state index contributed by atoms with van der Waals surface area (Å²) in [6, 6.07) is 1.08. The number of hydrogen-bond acceptors (Lipinski definition) is 7. The van der Waals surface area contributed by atoms with Gasteiger partial charge in [-0.15, -0.1) is 0 Å². The highest BCUT2D eigenvalue weighted by Crippen LogP contribution is 2.17. The maximum atomic E-state index is 12.4. The van der Waals surface area contributed by atoms with E-state index in [0.717, 1.165) is 10.6 Å². The Labute approximate surface area is 162 Å². The molecule has 152 valence electrons. The summed E-state index contributed by atoms with van der Waals surface area (Å²) in [6.07, 6.45) is 0.168. The molecule has 1 aromatic heterocycles. The molecule has 0 unspecified atom stereocenters. The summed E-state index contributed by atoms with van der Waals surface area (Å²) in [5.41, 5.74) is 1.81. The molecule has 0 spiro atoms. The number of imide groups is 1. The predicted molar refractivity (Wildman–Crippen MR) is 95.6 cm³/mol. The summed E-state index contributed by atoms with van der Waals surface area (Å²) in [7, 11) is 2.76. The number of ketones is 1. The molecule has 1 aliphatic rings. The van der Waals surface area contributed by atoms with Crippen LogP contribution < -0.4 is 0 Å². The maximum Gasteiger partial charge on any atom is 0.327 e. The summed E-state index contributed by atoms with van der Waals surface area (Å²) >= 11 is 0. The van der Waals surface area contributed by atoms with Crippen molar-refractivity contribution in [1.82, 2.24) is 14.4 Å². The van der Waals surface area contributed by atoms with Crippen molar-refractivity contribution in [1.29, 1.82) is 0 Å². The van der Waals surface area contributed by atoms with E-state index in [2.05, 4.69) is 4.74 Å². The van der Waals surface area contributed by atoms with E-state index >= 15 is 0 Å². The molecule has 0 bridgehead atoms. The number of amides is 3. The van der Waals surface area contributed by atoms with Gasteiger partial charge in [-0.2, -0.15) is 0 Å². The Morgan fingerprint density at radius 2 is 1.82 bits per heavy atom. The minimum atomic E-state index is -0.843. The fourth-order valence-electron chi connectivity index (χ4n) is 2.96. The van der Waals surface area contributed by atoms with Crippen LogP contribution in [0.1, 0.15) is 28.2 Å². The number of carbonyl (C=O) groups is 5. The first-order chi connectivity index (χ1) is 13.1. The van der Waals surface area contributed by atoms with Crippen LogP contribution in [0, 0.1) is 13.8 Å². The molecule has 1 saturated heterocycles. The standard InChI is InChI=1S/C18H23N3O7/c1-11-7-13(12(2)20(11)6-5-16(24)27-4)14(22)10-28-17(25)9-21-15(23)8-19(3)18(21)26/h7H,5-6,8-10H2,1-4H3. The van der Waals surface area contributed by atoms with E-state index in [1.807, 2.05) is 4.57 Å². The fraction of sp³-hybridized carbons (Fsp3) is 0.500. The van der Waals surface area contributed by atoms with Crippen molar-refractivity contribution >= 4 is 29.7 Å². The Kier molecular flexibility index (Phi) is 6.55. The molecular weight excluding hydrogens is 370 g/mol. The van der Waals surface area contributed by atoms with Crippen molar-refractivity contribution in [3.63, 3.8) is 0 Å². The van der Waals surface area contributed by atoms with Gasteiger partial charge in [0.15, 0.2) is 6.61 Å². The molecule has 10 heteroatoms. The summed E-state index contributed by atoms with van der Waals surface area (Å²) in [5, 5.41) is 0. The Morgan fingerprint density at radius 3 is 2.39 bits per heavy atom. The number of carbonyl (C=O) groups excluding carboxylic acids is 5. The van der Waals surface area contributed by atoms with Crippen LogP contribution in [0.15, 0.2) is 6.07 Å². The zero-order chi connectivity index (χ0) is 21.0. The topological polar surface area (TPSA) is 115 Å². The van der Waals surface area contributed by atoms with Gasteiger partial charge in [0.2, 0.25) is 5.78 Å². The van der Waals surface area contributed by atoms with Crippen LogP contribution in [0.5, 0.6) is 0 Å². The number of nitrogens with zero attached hydrogens (tertiary/aromatic N) is 3. The highest BCUT2D eigenvalue weighted by atomic mass is 16.5. The number of methoxy groups -OCH3 is 1. The second kappa shape index (κ2) is 8.68. The van der Waals surface area contributed by atoms with Crippen LogP contribution in [0.3, 0.4) is 0 Å². The molecule has 1 fully saturated rings. The van der Waals surface area contributed by atoms with Crippen molar-refractivity contribution in [2.75, 3.05) is 33.9 Å². The fourth-order valence-corrected chi connectivity index (χ4v) is 2.96. The molecule has 1 aromatic rings. The van der Waals surface area contributed by atoms with Gasteiger partial charge in [-0.05, 0) is 19.9 Å². The number of Topliss-reactive ketones (excluding diaryl/α,β-unsaturated/α-hetero) is 1. The third-order valence-corrected chi connectivity index (χ3v) is 4.52. The van der Waals surface area contributed by atoms with E-state index in [1.54, 1.807) is 19.9 Å². The molecule has 0 radical (unpaired) electrons. The minimum absolute atomic E-state index is 0.0946. The van der Waals surface area contributed by atoms with E-state index in [-0.39, 0.29) is 18.9 Å². The molecule has 0 aromatic carbocycles. The molecule has 28 heavy (non-hydrogen) atoms. The molecule has 2 rings (SSSR count). The third kappa shape index (κ3) is 4.56. The predicted octanol–water partition coefficient (Wildman–Crippen LogP) is 0.288. The zero-order valence-electron chi connectivity index (χ0n) is 16.3. The normalized spacial score (nSPS) is 13.9. The lowest BCUT2D eigenvalue weighted by atomic mass is 10.1. The molecule has 0 N–H and O–H groups in total. The molecule has 0 aliphatic carbocycles. The number of aromatic nitrogens is 1. The SMILES string of the molecule is COC(=O)CCn1c(C)cc(C(=O)COC(=O)CN2C(=O)CN(C)C2=O)c1C. The van der Waals surface area contributed by atoms with Crippen LogP contribution >= 0.6 is 0 Å². The van der Waals surface area contributed by atoms with E-state index < -0.39 is 36.8 Å². The second-order valence-electron chi connectivity index (χ2n) is 6.46.